The van der Waals surface area contributed by atoms with Gasteiger partial charge in [0.1, 0.15) is 0 Å². The molecular formula is C75H120. The predicted molar refractivity (Wildman–Crippen MR) is 317 cm³/mol. The van der Waals surface area contributed by atoms with Gasteiger partial charge >= 0.3 is 0 Å². The van der Waals surface area contributed by atoms with E-state index in [1.807, 2.05) is 0 Å². The van der Waals surface area contributed by atoms with E-state index in [0.717, 1.165) is 0 Å². The highest BCUT2D eigenvalue weighted by molar-refractivity contribution is 5.21. The second kappa shape index (κ2) is 24.1. The summed E-state index contributed by atoms with van der Waals surface area (Å²) in [6, 6.07) is 0. The van der Waals surface area contributed by atoms with E-state index in [2.05, 4.69) is 24.3 Å². The molecule has 0 aliphatic heterocycles. The van der Waals surface area contributed by atoms with Crippen molar-refractivity contribution in [2.45, 2.75) is 289 Å². The molecule has 0 heteroatoms. The van der Waals surface area contributed by atoms with Crippen LogP contribution in [0.25, 0.3) is 0 Å². The van der Waals surface area contributed by atoms with E-state index >= 15 is 0 Å². The highest BCUT2D eigenvalue weighted by Crippen LogP contribution is 2.79. The van der Waals surface area contributed by atoms with Crippen molar-refractivity contribution in [3.63, 3.8) is 0 Å². The van der Waals surface area contributed by atoms with Gasteiger partial charge in [0, 0.05) is 0 Å². The van der Waals surface area contributed by atoms with Crippen LogP contribution in [0.3, 0.4) is 0 Å². The number of hydrogen-bond acceptors (Lipinski definition) is 0. The molecule has 19 saturated carbocycles. The summed E-state index contributed by atoms with van der Waals surface area (Å²) in [5, 5.41) is 0. The Hall–Kier alpha value is -0.520. The molecule has 0 aromatic carbocycles. The molecule has 26 atom stereocenters. The molecule has 21 aliphatic carbocycles. The minimum Gasteiger partial charge on any atom is -0.0885 e. The lowest BCUT2D eigenvalue weighted by atomic mass is 9.57. The van der Waals surface area contributed by atoms with Crippen LogP contribution in [0.5, 0.6) is 0 Å². The molecule has 0 saturated heterocycles. The van der Waals surface area contributed by atoms with Gasteiger partial charge in [0.15, 0.2) is 0 Å². The van der Waals surface area contributed by atoms with E-state index < -0.39 is 0 Å². The van der Waals surface area contributed by atoms with Crippen molar-refractivity contribution < 1.29 is 0 Å². The van der Waals surface area contributed by atoms with Crippen LogP contribution in [0, 0.1) is 154 Å². The molecule has 0 amide bonds. The van der Waals surface area contributed by atoms with Gasteiger partial charge in [-0.05, 0) is 308 Å². The smallest absolute Gasteiger partial charge is 0.0318 e. The van der Waals surface area contributed by atoms with Crippen LogP contribution < -0.4 is 0 Å². The van der Waals surface area contributed by atoms with Crippen molar-refractivity contribution in [3.8, 4) is 0 Å². The van der Waals surface area contributed by atoms with Crippen LogP contribution in [0.4, 0.5) is 0 Å². The summed E-state index contributed by atoms with van der Waals surface area (Å²) in [6.07, 6.45) is 78.5. The number of hydrogen-bond donors (Lipinski definition) is 0. The van der Waals surface area contributed by atoms with Crippen molar-refractivity contribution in [2.24, 2.45) is 154 Å². The zero-order valence-electron chi connectivity index (χ0n) is 49.1. The third-order valence-corrected chi connectivity index (χ3v) is 29.7. The van der Waals surface area contributed by atoms with E-state index in [0.29, 0.717) is 0 Å². The first-order chi connectivity index (χ1) is 37.3. The van der Waals surface area contributed by atoms with E-state index in [4.69, 9.17) is 0 Å². The quantitative estimate of drug-likeness (QED) is 0.168. The third-order valence-electron chi connectivity index (χ3n) is 29.7. The summed E-state index contributed by atoms with van der Waals surface area (Å²) >= 11 is 0. The molecule has 0 heterocycles. The Kier molecular flexibility index (Phi) is 16.9. The lowest BCUT2D eigenvalue weighted by Gasteiger charge is -2.48. The molecule has 12 bridgehead atoms. The van der Waals surface area contributed by atoms with Gasteiger partial charge in [0.2, 0.25) is 0 Å². The minimum atomic E-state index is 1.17. The van der Waals surface area contributed by atoms with E-state index in [9.17, 15) is 0 Å². The second-order valence-electron chi connectivity index (χ2n) is 32.4. The van der Waals surface area contributed by atoms with Crippen LogP contribution in [0.1, 0.15) is 289 Å². The maximum absolute atomic E-state index is 2.24. The van der Waals surface area contributed by atoms with Gasteiger partial charge < -0.3 is 0 Å². The van der Waals surface area contributed by atoms with Gasteiger partial charge in [0.25, 0.3) is 0 Å². The SMILES string of the molecule is C1=CCCC1.C1=CCCC1.C1CC2C(C1)C1CC2C2C3CC(C4C5CCC(C5)C34)C12.C1CC2C(C1)C1CC2C2C3CCC(C3)C12.C1CC2C3CCC(C3)C2C1.C1CCC2CCCC2C1.C1CCCC1.C1CCCCC1. The van der Waals surface area contributed by atoms with E-state index in [1.54, 1.807) is 161 Å². The third kappa shape index (κ3) is 10.3. The number of fused-ring (bicyclic) bond motifs is 37. The predicted octanol–water partition coefficient (Wildman–Crippen LogP) is 21.9. The molecule has 0 aromatic rings. The molecule has 21 rings (SSSR count). The van der Waals surface area contributed by atoms with Crippen molar-refractivity contribution >= 4 is 0 Å². The summed E-state index contributed by atoms with van der Waals surface area (Å²) < 4.78 is 0. The molecule has 0 radical (unpaired) electrons. The van der Waals surface area contributed by atoms with Gasteiger partial charge in [-0.3, -0.25) is 0 Å². The summed E-state index contributed by atoms with van der Waals surface area (Å²) in [5.41, 5.74) is 0. The summed E-state index contributed by atoms with van der Waals surface area (Å²) in [6.45, 7) is 0. The first-order valence-corrected chi connectivity index (χ1v) is 36.6. The summed E-state index contributed by atoms with van der Waals surface area (Å²) in [5.74, 6) is 31.7. The van der Waals surface area contributed by atoms with Gasteiger partial charge in [-0.1, -0.05) is 159 Å². The Morgan fingerprint density at radius 3 is 0.760 bits per heavy atom. The molecule has 0 nitrogen and oxygen atoms in total. The standard InChI is InChI=1S/C20H28.C15H22.C10H16.C9H16.C6H12.C5H10.2C5H8/c1-2-11-12(3-1)14-7-13(11)19-15-8-16(20(14)19)18-10-5-4-9(6-10)17(15)18;1-2-10-11(3-1)13-7-12(10)14-8-4-5-9(6-8)15(13)14;1-2-9-7-4-5-8(6-7)10(9)3-1;1-2-5-9-7-3-6-8(9)4-1;1-2-4-6-5-3-1;3*1-2-4-5-3-1/h9-20H,1-8H2;8-15H,1-7H2;7-10H,1-6H2;8-9H,1-7H2;1-6H2;1-5H2;2*1-2H,3-5H2. The first kappa shape index (κ1) is 52.5. The van der Waals surface area contributed by atoms with E-state index in [1.165, 1.54) is 282 Å². The van der Waals surface area contributed by atoms with Gasteiger partial charge in [-0.25, -0.2) is 0 Å². The van der Waals surface area contributed by atoms with Crippen LogP contribution >= 0.6 is 0 Å². The van der Waals surface area contributed by atoms with E-state index in [-0.39, 0.29) is 0 Å². The van der Waals surface area contributed by atoms with Crippen LogP contribution in [-0.2, 0) is 0 Å². The van der Waals surface area contributed by atoms with Gasteiger partial charge in [-0.15, -0.1) is 0 Å². The molecule has 0 aromatic heterocycles. The van der Waals surface area contributed by atoms with Gasteiger partial charge in [0.05, 0.1) is 0 Å². The van der Waals surface area contributed by atoms with Crippen LogP contribution in [0.15, 0.2) is 24.3 Å². The number of allylic oxidation sites excluding steroid dienone is 4. The Bertz CT molecular complexity index is 1720. The maximum atomic E-state index is 2.24. The molecule has 26 unspecified atom stereocenters. The zero-order chi connectivity index (χ0) is 49.7. The van der Waals surface area contributed by atoms with Gasteiger partial charge in [-0.2, -0.15) is 0 Å². The molecule has 21 aliphatic rings. The molecule has 19 fully saturated rings. The summed E-state index contributed by atoms with van der Waals surface area (Å²) in [4.78, 5) is 0. The molecular weight excluding hydrogens is 901 g/mol. The fraction of sp³-hybridized carbons (Fsp3) is 0.947. The zero-order valence-corrected chi connectivity index (χ0v) is 49.1. The first-order valence-electron chi connectivity index (χ1n) is 36.6. The average Bonchev–Trinajstić information content (AvgIpc) is 4.41. The fourth-order valence-corrected chi connectivity index (χ4v) is 27.6. The van der Waals surface area contributed by atoms with Crippen molar-refractivity contribution in [2.75, 3.05) is 0 Å². The van der Waals surface area contributed by atoms with Crippen LogP contribution in [0.2, 0.25) is 0 Å². The lowest BCUT2D eigenvalue weighted by Crippen LogP contribution is -2.44. The molecule has 0 N–H and O–H groups in total. The Labute approximate surface area is 464 Å². The van der Waals surface area contributed by atoms with Crippen molar-refractivity contribution in [1.82, 2.24) is 0 Å². The highest BCUT2D eigenvalue weighted by Gasteiger charge is 2.73. The topological polar surface area (TPSA) is 0 Å². The van der Waals surface area contributed by atoms with Crippen LogP contribution in [-0.4, -0.2) is 0 Å². The normalized spacial score (nSPS) is 52.7. The Morgan fingerprint density at radius 2 is 0.413 bits per heavy atom. The lowest BCUT2D eigenvalue weighted by molar-refractivity contribution is -0.00685. The fourth-order valence-electron chi connectivity index (χ4n) is 27.6. The molecule has 75 heavy (non-hydrogen) atoms. The molecule has 420 valence electrons. The Morgan fingerprint density at radius 1 is 0.147 bits per heavy atom. The monoisotopic (exact) mass is 1020 g/mol. The largest absolute Gasteiger partial charge is 0.0885 e. The summed E-state index contributed by atoms with van der Waals surface area (Å²) in [7, 11) is 0. The number of rotatable bonds is 0. The minimum absolute atomic E-state index is 1.17. The molecule has 0 spiro atoms. The van der Waals surface area contributed by atoms with Crippen molar-refractivity contribution in [3.05, 3.63) is 24.3 Å². The highest BCUT2D eigenvalue weighted by atomic mass is 14.8. The average molecular weight is 1020 g/mol. The Balaban J connectivity index is 0.0000000837. The second-order valence-corrected chi connectivity index (χ2v) is 32.4. The maximum Gasteiger partial charge on any atom is -0.0318 e. The van der Waals surface area contributed by atoms with Crippen molar-refractivity contribution in [1.29, 1.82) is 0 Å².